The van der Waals surface area contributed by atoms with Crippen LogP contribution < -0.4 is 10.4 Å². The van der Waals surface area contributed by atoms with Gasteiger partial charge in [-0.25, -0.2) is 9.59 Å². The highest BCUT2D eigenvalue weighted by molar-refractivity contribution is 5.92. The largest absolute Gasteiger partial charge is 0.496 e. The Bertz CT molecular complexity index is 1100. The number of esters is 1. The van der Waals surface area contributed by atoms with Crippen LogP contribution in [0.1, 0.15) is 43.0 Å². The Balaban J connectivity index is 1.70. The molecule has 0 radical (unpaired) electrons. The van der Waals surface area contributed by atoms with Crippen molar-refractivity contribution in [3.63, 3.8) is 0 Å². The molecule has 2 atom stereocenters. The van der Waals surface area contributed by atoms with Crippen LogP contribution in [0, 0.1) is 5.92 Å². The van der Waals surface area contributed by atoms with Crippen molar-refractivity contribution >= 4 is 16.9 Å². The van der Waals surface area contributed by atoms with Gasteiger partial charge >= 0.3 is 11.6 Å². The first kappa shape index (κ1) is 19.2. The Morgan fingerprint density at radius 2 is 1.90 bits per heavy atom. The van der Waals surface area contributed by atoms with Crippen LogP contribution in [0.5, 0.6) is 5.75 Å². The molecule has 29 heavy (non-hydrogen) atoms. The summed E-state index contributed by atoms with van der Waals surface area (Å²) >= 11 is 0. The summed E-state index contributed by atoms with van der Waals surface area (Å²) in [4.78, 5) is 25.3. The maximum absolute atomic E-state index is 12.7. The van der Waals surface area contributed by atoms with Gasteiger partial charge in [-0.15, -0.1) is 0 Å². The summed E-state index contributed by atoms with van der Waals surface area (Å²) in [5, 5.41) is 0.799. The lowest BCUT2D eigenvalue weighted by Crippen LogP contribution is -2.24. The average Bonchev–Trinajstić information content (AvgIpc) is 2.72. The molecule has 1 saturated carbocycles. The fourth-order valence-electron chi connectivity index (χ4n) is 4.00. The van der Waals surface area contributed by atoms with Crippen LogP contribution in [0.25, 0.3) is 22.1 Å². The molecule has 0 N–H and O–H groups in total. The molecule has 0 spiro atoms. The molecule has 1 aliphatic rings. The number of fused-ring (bicyclic) bond motifs is 1. The second kappa shape index (κ2) is 8.11. The number of hydrogen-bond acceptors (Lipinski definition) is 5. The molecule has 0 amide bonds. The van der Waals surface area contributed by atoms with Crippen molar-refractivity contribution in [3.8, 4) is 16.9 Å². The van der Waals surface area contributed by atoms with Gasteiger partial charge in [-0.2, -0.15) is 0 Å². The Morgan fingerprint density at radius 3 is 2.69 bits per heavy atom. The summed E-state index contributed by atoms with van der Waals surface area (Å²) in [6.07, 6.45) is 3.99. The van der Waals surface area contributed by atoms with Crippen molar-refractivity contribution < 1.29 is 18.7 Å². The van der Waals surface area contributed by atoms with E-state index in [-0.39, 0.29) is 12.1 Å². The van der Waals surface area contributed by atoms with Gasteiger partial charge in [-0.3, -0.25) is 0 Å². The third-order valence-corrected chi connectivity index (χ3v) is 5.53. The zero-order valence-electron chi connectivity index (χ0n) is 16.6. The molecule has 150 valence electrons. The maximum atomic E-state index is 12.7. The van der Waals surface area contributed by atoms with Crippen LogP contribution >= 0.6 is 0 Å². The van der Waals surface area contributed by atoms with Crippen LogP contribution in [-0.2, 0) is 4.74 Å². The molecule has 0 aliphatic heterocycles. The zero-order chi connectivity index (χ0) is 20.4. The minimum Gasteiger partial charge on any atom is -0.496 e. The van der Waals surface area contributed by atoms with Crippen molar-refractivity contribution in [2.75, 3.05) is 7.11 Å². The molecule has 0 bridgehead atoms. The fraction of sp³-hybridized carbons (Fsp3) is 0.333. The van der Waals surface area contributed by atoms with Crippen molar-refractivity contribution in [1.82, 2.24) is 0 Å². The standard InChI is InChI=1S/C24H24O5/c1-15-6-5-8-18(12-15)28-23(25)17-10-11-22(27-2)19(14-17)20-13-16-7-3-4-9-21(16)29-24(20)26/h3-4,7,9-11,13-15,18H,5-6,8,12H2,1-2H3/t15-,18-/m1/s1. The molecule has 3 aromatic rings. The monoisotopic (exact) mass is 392 g/mol. The van der Waals surface area contributed by atoms with E-state index in [0.29, 0.717) is 33.9 Å². The number of benzene rings is 2. The maximum Gasteiger partial charge on any atom is 0.344 e. The summed E-state index contributed by atoms with van der Waals surface area (Å²) in [5.74, 6) is 0.684. The molecule has 1 aliphatic carbocycles. The predicted molar refractivity (Wildman–Crippen MR) is 111 cm³/mol. The third kappa shape index (κ3) is 4.04. The molecular formula is C24H24O5. The highest BCUT2D eigenvalue weighted by atomic mass is 16.5. The minimum atomic E-state index is -0.478. The van der Waals surface area contributed by atoms with Crippen molar-refractivity contribution in [2.45, 2.75) is 38.7 Å². The smallest absolute Gasteiger partial charge is 0.344 e. The summed E-state index contributed by atoms with van der Waals surface area (Å²) in [6.45, 7) is 2.19. The molecule has 0 unspecified atom stereocenters. The Kier molecular flexibility index (Phi) is 5.38. The van der Waals surface area contributed by atoms with E-state index in [1.165, 1.54) is 13.5 Å². The number of carbonyl (C=O) groups is 1. The van der Waals surface area contributed by atoms with E-state index in [2.05, 4.69) is 6.92 Å². The van der Waals surface area contributed by atoms with Gasteiger partial charge in [-0.05, 0) is 55.5 Å². The van der Waals surface area contributed by atoms with E-state index < -0.39 is 5.63 Å². The van der Waals surface area contributed by atoms with Gasteiger partial charge in [0.25, 0.3) is 0 Å². The zero-order valence-corrected chi connectivity index (χ0v) is 16.6. The molecule has 5 heteroatoms. The van der Waals surface area contributed by atoms with Crippen molar-refractivity contribution in [2.24, 2.45) is 5.92 Å². The second-order valence-electron chi connectivity index (χ2n) is 7.70. The van der Waals surface area contributed by atoms with Crippen LogP contribution in [0.15, 0.2) is 57.7 Å². The first-order valence-electron chi connectivity index (χ1n) is 9.97. The normalized spacial score (nSPS) is 19.1. The number of ether oxygens (including phenoxy) is 2. The first-order valence-corrected chi connectivity index (χ1v) is 9.97. The first-order chi connectivity index (χ1) is 14.0. The molecule has 1 aromatic heterocycles. The SMILES string of the molecule is COc1ccc(C(=O)O[C@@H]2CCC[C@@H](C)C2)cc1-c1cc2ccccc2oc1=O. The molecule has 1 heterocycles. The van der Waals surface area contributed by atoms with E-state index in [0.717, 1.165) is 24.6 Å². The predicted octanol–water partition coefficient (Wildman–Crippen LogP) is 5.20. The van der Waals surface area contributed by atoms with Crippen LogP contribution in [0.4, 0.5) is 0 Å². The summed E-state index contributed by atoms with van der Waals surface area (Å²) in [5.41, 5.74) is 1.29. The highest BCUT2D eigenvalue weighted by Gasteiger charge is 2.24. The molecular weight excluding hydrogens is 368 g/mol. The van der Waals surface area contributed by atoms with Crippen LogP contribution in [0.2, 0.25) is 0 Å². The topological polar surface area (TPSA) is 65.7 Å². The van der Waals surface area contributed by atoms with Gasteiger partial charge in [0.2, 0.25) is 0 Å². The Labute approximate surface area is 169 Å². The van der Waals surface area contributed by atoms with E-state index in [1.807, 2.05) is 18.2 Å². The van der Waals surface area contributed by atoms with Crippen LogP contribution in [0.3, 0.4) is 0 Å². The molecule has 5 nitrogen and oxygen atoms in total. The Morgan fingerprint density at radius 1 is 1.07 bits per heavy atom. The summed E-state index contributed by atoms with van der Waals surface area (Å²) in [7, 11) is 1.53. The quantitative estimate of drug-likeness (QED) is 0.451. The summed E-state index contributed by atoms with van der Waals surface area (Å²) in [6, 6.07) is 14.1. The molecule has 0 saturated heterocycles. The van der Waals surface area contributed by atoms with E-state index >= 15 is 0 Å². The van der Waals surface area contributed by atoms with Gasteiger partial charge < -0.3 is 13.9 Å². The van der Waals surface area contributed by atoms with Gasteiger partial charge in [0.05, 0.1) is 18.2 Å². The second-order valence-corrected chi connectivity index (χ2v) is 7.70. The number of para-hydroxylation sites is 1. The number of rotatable bonds is 4. The van der Waals surface area contributed by atoms with E-state index in [9.17, 15) is 9.59 Å². The van der Waals surface area contributed by atoms with Gasteiger partial charge in [0, 0.05) is 10.9 Å². The number of carbonyl (C=O) groups excluding carboxylic acids is 1. The van der Waals surface area contributed by atoms with E-state index in [4.69, 9.17) is 13.9 Å². The van der Waals surface area contributed by atoms with Gasteiger partial charge in [0.15, 0.2) is 0 Å². The van der Waals surface area contributed by atoms with Gasteiger partial charge in [0.1, 0.15) is 17.4 Å². The highest BCUT2D eigenvalue weighted by Crippen LogP contribution is 2.32. The lowest BCUT2D eigenvalue weighted by atomic mass is 9.89. The van der Waals surface area contributed by atoms with Crippen molar-refractivity contribution in [3.05, 3.63) is 64.5 Å². The average molecular weight is 392 g/mol. The van der Waals surface area contributed by atoms with Crippen LogP contribution in [-0.4, -0.2) is 19.2 Å². The van der Waals surface area contributed by atoms with E-state index in [1.54, 1.807) is 30.3 Å². The number of hydrogen-bond donors (Lipinski definition) is 0. The minimum absolute atomic E-state index is 0.0532. The molecule has 1 fully saturated rings. The number of methoxy groups -OCH3 is 1. The lowest BCUT2D eigenvalue weighted by Gasteiger charge is -2.26. The summed E-state index contributed by atoms with van der Waals surface area (Å²) < 4.78 is 16.6. The Hall–Kier alpha value is -3.08. The molecule has 4 rings (SSSR count). The molecule has 2 aromatic carbocycles. The third-order valence-electron chi connectivity index (χ3n) is 5.53. The van der Waals surface area contributed by atoms with Gasteiger partial charge in [-0.1, -0.05) is 31.5 Å². The lowest BCUT2D eigenvalue weighted by molar-refractivity contribution is 0.0155. The fourth-order valence-corrected chi connectivity index (χ4v) is 4.00. The van der Waals surface area contributed by atoms with Crippen molar-refractivity contribution in [1.29, 1.82) is 0 Å².